The molecule has 0 bridgehead atoms. The van der Waals surface area contributed by atoms with Crippen LogP contribution in [0.3, 0.4) is 0 Å². The molecule has 7 nitrogen and oxygen atoms in total. The number of amides is 1. The molecule has 7 heteroatoms. The van der Waals surface area contributed by atoms with Crippen LogP contribution in [0, 0.1) is 11.8 Å². The Balaban J connectivity index is 2.01. The zero-order chi connectivity index (χ0) is 20.4. The molecule has 0 spiro atoms. The highest BCUT2D eigenvalue weighted by atomic mass is 16.6. The molecule has 1 amide bonds. The number of hydrogen-bond donors (Lipinski definition) is 2. The van der Waals surface area contributed by atoms with Crippen molar-refractivity contribution in [2.45, 2.75) is 38.7 Å². The van der Waals surface area contributed by atoms with E-state index in [1.165, 1.54) is 0 Å². The summed E-state index contributed by atoms with van der Waals surface area (Å²) in [6, 6.07) is 6.02. The first-order valence-corrected chi connectivity index (χ1v) is 9.90. The number of ether oxygens (including phenoxy) is 4. The Labute approximate surface area is 167 Å². The first-order valence-electron chi connectivity index (χ1n) is 9.90. The second-order valence-electron chi connectivity index (χ2n) is 7.33. The van der Waals surface area contributed by atoms with Crippen LogP contribution in [0.5, 0.6) is 11.5 Å². The second kappa shape index (κ2) is 11.8. The van der Waals surface area contributed by atoms with Crippen LogP contribution in [0.15, 0.2) is 18.2 Å². The summed E-state index contributed by atoms with van der Waals surface area (Å²) in [5.41, 5.74) is 1.16. The van der Waals surface area contributed by atoms with Crippen molar-refractivity contribution in [1.82, 2.24) is 5.32 Å². The molecule has 28 heavy (non-hydrogen) atoms. The molecule has 1 aromatic rings. The summed E-state index contributed by atoms with van der Waals surface area (Å²) in [5, 5.41) is 11.3. The number of nitrogens with one attached hydrogen (secondary N) is 1. The van der Waals surface area contributed by atoms with E-state index in [-0.39, 0.29) is 0 Å². The standard InChI is InChI=1S/C21H33NO6/c1-15(11-18-14-28-18)17(7-8-22-21(23)24)12-16-5-6-19(26-3)20(13-16)27-10-4-9-25-2/h5-6,13,15,17-18,22H,4,7-12,14H2,1-3H3,(H,23,24). The number of epoxide rings is 1. The number of methoxy groups -OCH3 is 2. The Morgan fingerprint density at radius 2 is 2.11 bits per heavy atom. The van der Waals surface area contributed by atoms with Gasteiger partial charge in [-0.15, -0.1) is 0 Å². The summed E-state index contributed by atoms with van der Waals surface area (Å²) in [7, 11) is 3.31. The highest BCUT2D eigenvalue weighted by Gasteiger charge is 2.28. The first-order chi connectivity index (χ1) is 13.5. The summed E-state index contributed by atoms with van der Waals surface area (Å²) in [4.78, 5) is 10.8. The van der Waals surface area contributed by atoms with Gasteiger partial charge in [-0.1, -0.05) is 13.0 Å². The molecule has 0 saturated carbocycles. The molecule has 2 rings (SSSR count). The monoisotopic (exact) mass is 395 g/mol. The number of carboxylic acid groups (broad SMARTS) is 1. The van der Waals surface area contributed by atoms with Gasteiger partial charge in [0.1, 0.15) is 0 Å². The average Bonchev–Trinajstić information content (AvgIpc) is 3.48. The molecule has 158 valence electrons. The van der Waals surface area contributed by atoms with Crippen molar-refractivity contribution in [3.8, 4) is 11.5 Å². The SMILES string of the molecule is COCCCOc1cc(CC(CCNC(=O)O)C(C)CC2CO2)ccc1OC. The Morgan fingerprint density at radius 3 is 2.75 bits per heavy atom. The van der Waals surface area contributed by atoms with E-state index < -0.39 is 6.09 Å². The summed E-state index contributed by atoms with van der Waals surface area (Å²) >= 11 is 0. The molecule has 1 aliphatic heterocycles. The van der Waals surface area contributed by atoms with E-state index in [1.807, 2.05) is 12.1 Å². The van der Waals surface area contributed by atoms with Gasteiger partial charge < -0.3 is 29.4 Å². The van der Waals surface area contributed by atoms with Gasteiger partial charge in [0.15, 0.2) is 11.5 Å². The third-order valence-corrected chi connectivity index (χ3v) is 5.11. The van der Waals surface area contributed by atoms with Crippen molar-refractivity contribution < 1.29 is 28.8 Å². The molecule has 3 unspecified atom stereocenters. The van der Waals surface area contributed by atoms with E-state index in [9.17, 15) is 4.79 Å². The minimum atomic E-state index is -0.979. The van der Waals surface area contributed by atoms with E-state index in [0.29, 0.717) is 43.4 Å². The van der Waals surface area contributed by atoms with Crippen LogP contribution >= 0.6 is 0 Å². The molecular formula is C21H33NO6. The lowest BCUT2D eigenvalue weighted by molar-refractivity contribution is 0.170. The van der Waals surface area contributed by atoms with Crippen LogP contribution in [-0.4, -0.2) is 57.9 Å². The van der Waals surface area contributed by atoms with Crippen molar-refractivity contribution in [2.24, 2.45) is 11.8 Å². The fourth-order valence-corrected chi connectivity index (χ4v) is 3.41. The van der Waals surface area contributed by atoms with Crippen LogP contribution in [0.1, 0.15) is 31.7 Å². The fraction of sp³-hybridized carbons (Fsp3) is 0.667. The van der Waals surface area contributed by atoms with Gasteiger partial charge in [-0.05, 0) is 48.8 Å². The van der Waals surface area contributed by atoms with Crippen LogP contribution in [0.2, 0.25) is 0 Å². The van der Waals surface area contributed by atoms with E-state index in [1.54, 1.807) is 14.2 Å². The summed E-state index contributed by atoms with van der Waals surface area (Å²) in [6.45, 7) is 4.73. The molecule has 1 aliphatic rings. The number of rotatable bonds is 14. The van der Waals surface area contributed by atoms with Crippen LogP contribution < -0.4 is 14.8 Å². The average molecular weight is 395 g/mol. The fourth-order valence-electron chi connectivity index (χ4n) is 3.41. The van der Waals surface area contributed by atoms with Crippen molar-refractivity contribution in [2.75, 3.05) is 40.6 Å². The highest BCUT2D eigenvalue weighted by Crippen LogP contribution is 2.33. The molecule has 1 fully saturated rings. The first kappa shape index (κ1) is 22.3. The summed E-state index contributed by atoms with van der Waals surface area (Å²) < 4.78 is 21.7. The van der Waals surface area contributed by atoms with Crippen molar-refractivity contribution in [3.63, 3.8) is 0 Å². The lowest BCUT2D eigenvalue weighted by Gasteiger charge is -2.24. The number of benzene rings is 1. The smallest absolute Gasteiger partial charge is 0.404 e. The van der Waals surface area contributed by atoms with E-state index in [2.05, 4.69) is 18.3 Å². The molecule has 1 heterocycles. The third kappa shape index (κ3) is 7.94. The van der Waals surface area contributed by atoms with Gasteiger partial charge in [0.25, 0.3) is 0 Å². The van der Waals surface area contributed by atoms with Gasteiger partial charge in [0.2, 0.25) is 0 Å². The molecule has 0 radical (unpaired) electrons. The van der Waals surface area contributed by atoms with Gasteiger partial charge >= 0.3 is 6.09 Å². The van der Waals surface area contributed by atoms with Gasteiger partial charge in [0.05, 0.1) is 26.4 Å². The predicted molar refractivity (Wildman–Crippen MR) is 106 cm³/mol. The topological polar surface area (TPSA) is 89.6 Å². The number of carbonyl (C=O) groups is 1. The maximum atomic E-state index is 10.8. The minimum Gasteiger partial charge on any atom is -0.493 e. The molecule has 0 aliphatic carbocycles. The van der Waals surface area contributed by atoms with Gasteiger partial charge in [0, 0.05) is 26.7 Å². The van der Waals surface area contributed by atoms with E-state index in [4.69, 9.17) is 24.1 Å². The largest absolute Gasteiger partial charge is 0.493 e. The molecule has 0 aromatic heterocycles. The normalized spacial score (nSPS) is 17.6. The molecule has 2 N–H and O–H groups in total. The quantitative estimate of drug-likeness (QED) is 0.371. The van der Waals surface area contributed by atoms with Gasteiger partial charge in [-0.2, -0.15) is 0 Å². The molecule has 1 aromatic carbocycles. The van der Waals surface area contributed by atoms with Crippen LogP contribution in [0.4, 0.5) is 4.79 Å². The Kier molecular flexibility index (Phi) is 9.37. The minimum absolute atomic E-state index is 0.353. The summed E-state index contributed by atoms with van der Waals surface area (Å²) in [6.07, 6.45) is 2.85. The Morgan fingerprint density at radius 1 is 1.32 bits per heavy atom. The third-order valence-electron chi connectivity index (χ3n) is 5.11. The Hall–Kier alpha value is -1.99. The van der Waals surface area contributed by atoms with Crippen LogP contribution in [0.25, 0.3) is 0 Å². The maximum Gasteiger partial charge on any atom is 0.404 e. The molecule has 1 saturated heterocycles. The summed E-state index contributed by atoms with van der Waals surface area (Å²) in [5.74, 6) is 2.24. The van der Waals surface area contributed by atoms with Gasteiger partial charge in [-0.25, -0.2) is 4.79 Å². The highest BCUT2D eigenvalue weighted by molar-refractivity contribution is 5.64. The van der Waals surface area contributed by atoms with E-state index >= 15 is 0 Å². The zero-order valence-corrected chi connectivity index (χ0v) is 17.1. The second-order valence-corrected chi connectivity index (χ2v) is 7.33. The lowest BCUT2D eigenvalue weighted by atomic mass is 9.83. The van der Waals surface area contributed by atoms with Crippen molar-refractivity contribution >= 4 is 6.09 Å². The lowest BCUT2D eigenvalue weighted by Crippen LogP contribution is -2.27. The number of hydrogen-bond acceptors (Lipinski definition) is 5. The van der Waals surface area contributed by atoms with Crippen molar-refractivity contribution in [3.05, 3.63) is 23.8 Å². The van der Waals surface area contributed by atoms with Gasteiger partial charge in [-0.3, -0.25) is 0 Å². The maximum absolute atomic E-state index is 10.8. The van der Waals surface area contributed by atoms with Crippen LogP contribution in [-0.2, 0) is 15.9 Å². The molecule has 3 atom stereocenters. The predicted octanol–water partition coefficient (Wildman–Crippen LogP) is 3.35. The van der Waals surface area contributed by atoms with Crippen molar-refractivity contribution in [1.29, 1.82) is 0 Å². The van der Waals surface area contributed by atoms with E-state index in [0.717, 1.165) is 43.6 Å². The Bertz CT molecular complexity index is 605. The zero-order valence-electron chi connectivity index (χ0n) is 17.1. The molecular weight excluding hydrogens is 362 g/mol.